The van der Waals surface area contributed by atoms with E-state index in [4.69, 9.17) is 16.3 Å². The number of methoxy groups -OCH3 is 1. The smallest absolute Gasteiger partial charge is 0.257 e. The molecule has 25 heavy (non-hydrogen) atoms. The van der Waals surface area contributed by atoms with Gasteiger partial charge in [-0.3, -0.25) is 9.78 Å². The molecule has 0 unspecified atom stereocenters. The first-order valence-electron chi connectivity index (χ1n) is 7.57. The first-order valence-corrected chi connectivity index (χ1v) is 7.95. The Morgan fingerprint density at radius 2 is 1.80 bits per heavy atom. The second-order valence-electron chi connectivity index (χ2n) is 5.28. The maximum absolute atomic E-state index is 12.4. The molecule has 1 amide bonds. The summed E-state index contributed by atoms with van der Waals surface area (Å²) in [6, 6.07) is 16.2. The van der Waals surface area contributed by atoms with E-state index in [1.54, 1.807) is 43.6 Å². The van der Waals surface area contributed by atoms with E-state index >= 15 is 0 Å². The normalized spacial score (nSPS) is 10.2. The van der Waals surface area contributed by atoms with Gasteiger partial charge in [0.25, 0.3) is 5.91 Å². The molecule has 0 radical (unpaired) electrons. The summed E-state index contributed by atoms with van der Waals surface area (Å²) in [6.07, 6.45) is 3.17. The molecule has 2 aromatic carbocycles. The first kappa shape index (κ1) is 16.8. The van der Waals surface area contributed by atoms with Crippen molar-refractivity contribution in [1.29, 1.82) is 0 Å². The molecule has 1 heterocycles. The summed E-state index contributed by atoms with van der Waals surface area (Å²) in [5.41, 5.74) is 2.66. The number of rotatable bonds is 5. The molecule has 0 aliphatic heterocycles. The molecule has 0 atom stereocenters. The summed E-state index contributed by atoms with van der Waals surface area (Å²) in [4.78, 5) is 16.5. The van der Waals surface area contributed by atoms with Gasteiger partial charge in [-0.2, -0.15) is 0 Å². The predicted octanol–water partition coefficient (Wildman–Crippen LogP) is 4.74. The number of hydrogen-bond donors (Lipinski definition) is 2. The third kappa shape index (κ3) is 4.49. The van der Waals surface area contributed by atoms with Crippen LogP contribution in [0.5, 0.6) is 5.75 Å². The second-order valence-corrected chi connectivity index (χ2v) is 5.72. The lowest BCUT2D eigenvalue weighted by atomic mass is 10.2. The molecule has 0 saturated heterocycles. The molecule has 0 spiro atoms. The van der Waals surface area contributed by atoms with Gasteiger partial charge in [-0.05, 0) is 48.5 Å². The third-order valence-electron chi connectivity index (χ3n) is 3.46. The number of halogens is 1. The minimum absolute atomic E-state index is 0.256. The Balaban J connectivity index is 1.72. The minimum atomic E-state index is -0.256. The van der Waals surface area contributed by atoms with Gasteiger partial charge in [-0.25, -0.2) is 0 Å². The Morgan fingerprint density at radius 1 is 1.00 bits per heavy atom. The van der Waals surface area contributed by atoms with Crippen LogP contribution in [0.2, 0.25) is 5.02 Å². The van der Waals surface area contributed by atoms with E-state index in [-0.39, 0.29) is 5.91 Å². The van der Waals surface area contributed by atoms with Crippen LogP contribution in [0.15, 0.2) is 67.0 Å². The number of hydrogen-bond acceptors (Lipinski definition) is 4. The van der Waals surface area contributed by atoms with Gasteiger partial charge in [0.1, 0.15) is 5.75 Å². The lowest BCUT2D eigenvalue weighted by Crippen LogP contribution is -2.12. The Morgan fingerprint density at radius 3 is 2.52 bits per heavy atom. The van der Waals surface area contributed by atoms with Gasteiger partial charge in [0.15, 0.2) is 0 Å². The van der Waals surface area contributed by atoms with Crippen LogP contribution in [-0.2, 0) is 0 Å². The number of anilines is 3. The molecule has 0 bridgehead atoms. The summed E-state index contributed by atoms with van der Waals surface area (Å²) in [5, 5.41) is 6.56. The highest BCUT2D eigenvalue weighted by Gasteiger charge is 2.08. The van der Waals surface area contributed by atoms with Crippen molar-refractivity contribution in [2.75, 3.05) is 17.7 Å². The second kappa shape index (κ2) is 7.68. The molecule has 3 rings (SSSR count). The van der Waals surface area contributed by atoms with Crippen molar-refractivity contribution in [1.82, 2.24) is 4.98 Å². The fourth-order valence-electron chi connectivity index (χ4n) is 2.24. The highest BCUT2D eigenvalue weighted by molar-refractivity contribution is 6.30. The molecule has 1 aromatic heterocycles. The summed E-state index contributed by atoms with van der Waals surface area (Å²) < 4.78 is 5.13. The number of benzene rings is 2. The largest absolute Gasteiger partial charge is 0.497 e. The molecule has 0 saturated carbocycles. The van der Waals surface area contributed by atoms with Crippen LogP contribution in [-0.4, -0.2) is 18.0 Å². The zero-order valence-corrected chi connectivity index (χ0v) is 14.2. The quantitative estimate of drug-likeness (QED) is 0.695. The van der Waals surface area contributed by atoms with E-state index in [9.17, 15) is 4.79 Å². The van der Waals surface area contributed by atoms with Crippen LogP contribution < -0.4 is 15.4 Å². The van der Waals surface area contributed by atoms with Crippen molar-refractivity contribution < 1.29 is 9.53 Å². The maximum Gasteiger partial charge on any atom is 0.257 e. The molecule has 2 N–H and O–H groups in total. The monoisotopic (exact) mass is 353 g/mol. The number of carbonyl (C=O) groups excluding carboxylic acids is 1. The van der Waals surface area contributed by atoms with Crippen LogP contribution in [0, 0.1) is 0 Å². The number of amides is 1. The fourth-order valence-corrected chi connectivity index (χ4v) is 2.43. The van der Waals surface area contributed by atoms with Crippen molar-refractivity contribution in [3.63, 3.8) is 0 Å². The standard InChI is InChI=1S/C19H16ClN3O2/c1-25-18-7-5-15(6-8-18)22-17-9-13(11-21-12-17)19(24)23-16-4-2-3-14(20)10-16/h2-12,22H,1H3,(H,23,24). The third-order valence-corrected chi connectivity index (χ3v) is 3.70. The molecule has 3 aromatic rings. The highest BCUT2D eigenvalue weighted by atomic mass is 35.5. The highest BCUT2D eigenvalue weighted by Crippen LogP contribution is 2.21. The Hall–Kier alpha value is -3.05. The van der Waals surface area contributed by atoms with E-state index in [0.717, 1.165) is 11.4 Å². The molecular formula is C19H16ClN3O2. The average Bonchev–Trinajstić information content (AvgIpc) is 2.62. The molecule has 5 nitrogen and oxygen atoms in total. The predicted molar refractivity (Wildman–Crippen MR) is 99.9 cm³/mol. The lowest BCUT2D eigenvalue weighted by Gasteiger charge is -2.09. The van der Waals surface area contributed by atoms with Gasteiger partial charge in [-0.1, -0.05) is 17.7 Å². The van der Waals surface area contributed by atoms with Crippen LogP contribution >= 0.6 is 11.6 Å². The first-order chi connectivity index (χ1) is 12.1. The summed E-state index contributed by atoms with van der Waals surface area (Å²) in [6.45, 7) is 0. The molecule has 0 aliphatic carbocycles. The van der Waals surface area contributed by atoms with Crippen molar-refractivity contribution in [3.05, 3.63) is 77.6 Å². The number of pyridine rings is 1. The van der Waals surface area contributed by atoms with Crippen molar-refractivity contribution >= 4 is 34.6 Å². The van der Waals surface area contributed by atoms with Gasteiger partial charge in [0.05, 0.1) is 24.6 Å². The van der Waals surface area contributed by atoms with Crippen LogP contribution in [0.4, 0.5) is 17.1 Å². The van der Waals surface area contributed by atoms with Crippen molar-refractivity contribution in [2.24, 2.45) is 0 Å². The summed E-state index contributed by atoms with van der Waals surface area (Å²) in [7, 11) is 1.62. The van der Waals surface area contributed by atoms with Gasteiger partial charge >= 0.3 is 0 Å². The van der Waals surface area contributed by atoms with E-state index in [0.29, 0.717) is 22.0 Å². The fraction of sp³-hybridized carbons (Fsp3) is 0.0526. The molecule has 0 fully saturated rings. The van der Waals surface area contributed by atoms with E-state index in [1.165, 1.54) is 6.20 Å². The number of ether oxygens (including phenoxy) is 1. The summed E-state index contributed by atoms with van der Waals surface area (Å²) >= 11 is 5.93. The van der Waals surface area contributed by atoms with Crippen LogP contribution in [0.1, 0.15) is 10.4 Å². The van der Waals surface area contributed by atoms with Gasteiger partial charge in [0.2, 0.25) is 0 Å². The zero-order valence-electron chi connectivity index (χ0n) is 13.5. The Labute approximate surface area is 150 Å². The number of carbonyl (C=O) groups is 1. The maximum atomic E-state index is 12.4. The van der Waals surface area contributed by atoms with Crippen LogP contribution in [0.25, 0.3) is 0 Å². The Kier molecular flexibility index (Phi) is 5.16. The van der Waals surface area contributed by atoms with E-state index in [2.05, 4.69) is 15.6 Å². The summed E-state index contributed by atoms with van der Waals surface area (Å²) in [5.74, 6) is 0.520. The zero-order chi connectivity index (χ0) is 17.6. The topological polar surface area (TPSA) is 63.2 Å². The number of nitrogens with one attached hydrogen (secondary N) is 2. The van der Waals surface area contributed by atoms with Gasteiger partial charge in [0, 0.05) is 22.6 Å². The van der Waals surface area contributed by atoms with Crippen molar-refractivity contribution in [3.8, 4) is 5.75 Å². The molecular weight excluding hydrogens is 338 g/mol. The van der Waals surface area contributed by atoms with E-state index in [1.807, 2.05) is 24.3 Å². The minimum Gasteiger partial charge on any atom is -0.497 e. The number of aromatic nitrogens is 1. The van der Waals surface area contributed by atoms with Crippen LogP contribution in [0.3, 0.4) is 0 Å². The van der Waals surface area contributed by atoms with E-state index < -0.39 is 0 Å². The average molecular weight is 354 g/mol. The number of nitrogens with zero attached hydrogens (tertiary/aromatic N) is 1. The van der Waals surface area contributed by atoms with Gasteiger partial charge in [-0.15, -0.1) is 0 Å². The Bertz CT molecular complexity index is 882. The SMILES string of the molecule is COc1ccc(Nc2cncc(C(=O)Nc3cccc(Cl)c3)c2)cc1. The lowest BCUT2D eigenvalue weighted by molar-refractivity contribution is 0.102. The van der Waals surface area contributed by atoms with Crippen molar-refractivity contribution in [2.45, 2.75) is 0 Å². The molecule has 126 valence electrons. The molecule has 0 aliphatic rings. The molecule has 6 heteroatoms. The van der Waals surface area contributed by atoms with Gasteiger partial charge < -0.3 is 15.4 Å².